The summed E-state index contributed by atoms with van der Waals surface area (Å²) >= 11 is 0. The number of pyridine rings is 1. The van der Waals surface area contributed by atoms with Crippen LogP contribution in [0.5, 0.6) is 5.75 Å². The van der Waals surface area contributed by atoms with Crippen molar-refractivity contribution in [2.24, 2.45) is 0 Å². The summed E-state index contributed by atoms with van der Waals surface area (Å²) in [6, 6.07) is 20.9. The van der Waals surface area contributed by atoms with Crippen molar-refractivity contribution in [3.8, 4) is 16.9 Å². The van der Waals surface area contributed by atoms with Gasteiger partial charge in [-0.25, -0.2) is 13.3 Å². The lowest BCUT2D eigenvalue weighted by Gasteiger charge is -2.34. The van der Waals surface area contributed by atoms with E-state index in [4.69, 9.17) is 4.74 Å². The fourth-order valence-corrected chi connectivity index (χ4v) is 5.14. The first-order valence-electron chi connectivity index (χ1n) is 14.7. The zero-order valence-electron chi connectivity index (χ0n) is 25.0. The number of alkyl halides is 4. The van der Waals surface area contributed by atoms with E-state index in [0.29, 0.717) is 5.65 Å². The maximum atomic E-state index is 13.2. The number of aromatic nitrogens is 3. The molecule has 3 heterocycles. The molecule has 1 fully saturated rings. The molecule has 3 aromatic carbocycles. The van der Waals surface area contributed by atoms with E-state index in [1.165, 1.54) is 39.7 Å². The number of hydrogen-bond acceptors (Lipinski definition) is 6. The molecule has 1 amide bonds. The van der Waals surface area contributed by atoms with E-state index in [2.05, 4.69) is 15.4 Å². The predicted molar refractivity (Wildman–Crippen MR) is 164 cm³/mol. The van der Waals surface area contributed by atoms with Gasteiger partial charge in [-0.3, -0.25) is 9.59 Å². The highest BCUT2D eigenvalue weighted by atomic mass is 19.4. The van der Waals surface area contributed by atoms with Gasteiger partial charge in [0.15, 0.2) is 12.3 Å². The standard InChI is InChI=1S/C34H28F5N5O3/c1-20(22-6-10-26(35)11-7-22)29(45)14-21-2-4-23(5-3-21)25-9-13-31-41-33(42-44(31)16-25)40-28-12-8-24(32(46)43-17-27(36)18-43)15-30(28)47-19-34(37,38)39/h2-13,15-16,20,27H,14,17-19H2,1H3,(H,40,42)/t20-/m1/s1. The van der Waals surface area contributed by atoms with Crippen LogP contribution in [0.15, 0.2) is 85.1 Å². The van der Waals surface area contributed by atoms with Crippen LogP contribution in [0.1, 0.15) is 34.3 Å². The van der Waals surface area contributed by atoms with Crippen LogP contribution >= 0.6 is 0 Å². The molecular weight excluding hydrogens is 621 g/mol. The van der Waals surface area contributed by atoms with Crippen molar-refractivity contribution in [3.05, 3.63) is 108 Å². The number of ketones is 1. The first-order chi connectivity index (χ1) is 22.4. The minimum atomic E-state index is -4.62. The van der Waals surface area contributed by atoms with Gasteiger partial charge in [0.2, 0.25) is 5.95 Å². The fourth-order valence-electron chi connectivity index (χ4n) is 5.14. The van der Waals surface area contributed by atoms with Gasteiger partial charge in [0.1, 0.15) is 23.5 Å². The molecule has 1 saturated heterocycles. The Hall–Kier alpha value is -5.33. The minimum absolute atomic E-state index is 0.00714. The number of benzene rings is 3. The molecule has 1 atom stereocenters. The summed E-state index contributed by atoms with van der Waals surface area (Å²) in [5.74, 6) is -1.41. The molecule has 0 saturated carbocycles. The van der Waals surface area contributed by atoms with Crippen molar-refractivity contribution < 1.29 is 36.3 Å². The van der Waals surface area contributed by atoms with Crippen LogP contribution in [-0.4, -0.2) is 63.2 Å². The van der Waals surface area contributed by atoms with Crippen molar-refractivity contribution >= 4 is 29.0 Å². The Morgan fingerprint density at radius 3 is 2.36 bits per heavy atom. The number of carbonyl (C=O) groups excluding carboxylic acids is 2. The predicted octanol–water partition coefficient (Wildman–Crippen LogP) is 6.93. The van der Waals surface area contributed by atoms with Crippen molar-refractivity contribution in [1.82, 2.24) is 19.5 Å². The first kappa shape index (κ1) is 31.6. The average molecular weight is 650 g/mol. The molecule has 1 N–H and O–H groups in total. The molecule has 0 bridgehead atoms. The number of likely N-dealkylation sites (tertiary alicyclic amines) is 1. The van der Waals surface area contributed by atoms with Crippen LogP contribution in [0.2, 0.25) is 0 Å². The number of hydrogen-bond donors (Lipinski definition) is 1. The van der Waals surface area contributed by atoms with E-state index in [1.54, 1.807) is 31.3 Å². The molecule has 0 spiro atoms. The third-order valence-corrected chi connectivity index (χ3v) is 7.84. The maximum absolute atomic E-state index is 13.2. The zero-order chi connectivity index (χ0) is 33.3. The molecular formula is C34H28F5N5O3. The minimum Gasteiger partial charge on any atom is -0.482 e. The second-order valence-electron chi connectivity index (χ2n) is 11.3. The highest BCUT2D eigenvalue weighted by Crippen LogP contribution is 2.32. The molecule has 242 valence electrons. The molecule has 2 aromatic heterocycles. The quantitative estimate of drug-likeness (QED) is 0.165. The van der Waals surface area contributed by atoms with Crippen LogP contribution < -0.4 is 10.1 Å². The largest absolute Gasteiger partial charge is 0.482 e. The van der Waals surface area contributed by atoms with Gasteiger partial charge in [-0.05, 0) is 59.2 Å². The summed E-state index contributed by atoms with van der Waals surface area (Å²) < 4.78 is 71.9. The molecule has 13 heteroatoms. The number of carbonyl (C=O) groups is 2. The number of ether oxygens (including phenoxy) is 1. The van der Waals surface area contributed by atoms with E-state index in [9.17, 15) is 31.5 Å². The van der Waals surface area contributed by atoms with Gasteiger partial charge in [-0.1, -0.05) is 43.3 Å². The molecule has 0 unspecified atom stereocenters. The van der Waals surface area contributed by atoms with Crippen molar-refractivity contribution in [2.75, 3.05) is 25.0 Å². The normalized spacial score (nSPS) is 14.1. The number of Topliss-reactive ketones (excluding diaryl/α,β-unsaturated/α-hetero) is 1. The van der Waals surface area contributed by atoms with Crippen molar-refractivity contribution in [2.45, 2.75) is 31.6 Å². The van der Waals surface area contributed by atoms with Crippen molar-refractivity contribution in [1.29, 1.82) is 0 Å². The molecule has 6 rings (SSSR count). The van der Waals surface area contributed by atoms with Gasteiger partial charge >= 0.3 is 6.18 Å². The number of nitrogens with one attached hydrogen (secondary N) is 1. The Bertz CT molecular complexity index is 1920. The van der Waals surface area contributed by atoms with E-state index >= 15 is 0 Å². The summed E-state index contributed by atoms with van der Waals surface area (Å²) in [6.45, 7) is 0.0569. The van der Waals surface area contributed by atoms with E-state index in [0.717, 1.165) is 22.3 Å². The van der Waals surface area contributed by atoms with Crippen LogP contribution in [0.3, 0.4) is 0 Å². The van der Waals surface area contributed by atoms with Gasteiger partial charge in [0, 0.05) is 29.7 Å². The molecule has 0 radical (unpaired) electrons. The Morgan fingerprint density at radius 2 is 1.68 bits per heavy atom. The number of fused-ring (bicyclic) bond motifs is 1. The SMILES string of the molecule is C[C@@H](C(=O)Cc1ccc(-c2ccc3nc(Nc4ccc(C(=O)N5CC(F)C5)cc4OCC(F)(F)F)nn3c2)cc1)c1ccc(F)cc1. The molecule has 1 aliphatic heterocycles. The second kappa shape index (κ2) is 12.8. The smallest absolute Gasteiger partial charge is 0.422 e. The monoisotopic (exact) mass is 649 g/mol. The van der Waals surface area contributed by atoms with Gasteiger partial charge in [0.05, 0.1) is 18.8 Å². The third kappa shape index (κ3) is 7.40. The average Bonchev–Trinajstić information content (AvgIpc) is 3.44. The number of nitrogens with zero attached hydrogens (tertiary/aromatic N) is 4. The van der Waals surface area contributed by atoms with Gasteiger partial charge in [-0.2, -0.15) is 18.2 Å². The number of rotatable bonds is 10. The summed E-state index contributed by atoms with van der Waals surface area (Å²) in [5.41, 5.74) is 3.84. The van der Waals surface area contributed by atoms with E-state index in [-0.39, 0.29) is 60.0 Å². The van der Waals surface area contributed by atoms with Crippen LogP contribution in [-0.2, 0) is 11.2 Å². The summed E-state index contributed by atoms with van der Waals surface area (Å²) in [6.07, 6.45) is -3.79. The molecule has 5 aromatic rings. The number of anilines is 2. The molecule has 1 aliphatic rings. The third-order valence-electron chi connectivity index (χ3n) is 7.84. The molecule has 8 nitrogen and oxygen atoms in total. The second-order valence-corrected chi connectivity index (χ2v) is 11.3. The fraction of sp³-hybridized carbons (Fsp3) is 0.235. The highest BCUT2D eigenvalue weighted by molar-refractivity contribution is 5.96. The van der Waals surface area contributed by atoms with Crippen LogP contribution in [0, 0.1) is 5.82 Å². The lowest BCUT2D eigenvalue weighted by molar-refractivity contribution is -0.153. The lowest BCUT2D eigenvalue weighted by Crippen LogP contribution is -2.51. The van der Waals surface area contributed by atoms with Gasteiger partial charge in [0.25, 0.3) is 5.91 Å². The Kier molecular flexibility index (Phi) is 8.63. The molecule has 0 aliphatic carbocycles. The Balaban J connectivity index is 1.16. The molecule has 47 heavy (non-hydrogen) atoms. The van der Waals surface area contributed by atoms with E-state index < -0.39 is 24.9 Å². The van der Waals surface area contributed by atoms with Crippen molar-refractivity contribution in [3.63, 3.8) is 0 Å². The summed E-state index contributed by atoms with van der Waals surface area (Å²) in [4.78, 5) is 31.1. The van der Waals surface area contributed by atoms with E-state index in [1.807, 2.05) is 30.3 Å². The van der Waals surface area contributed by atoms with Gasteiger partial charge in [-0.15, -0.1) is 5.10 Å². The van der Waals surface area contributed by atoms with Crippen LogP contribution in [0.25, 0.3) is 16.8 Å². The highest BCUT2D eigenvalue weighted by Gasteiger charge is 2.32. The number of halogens is 5. The topological polar surface area (TPSA) is 88.8 Å². The Morgan fingerprint density at radius 1 is 0.979 bits per heavy atom. The summed E-state index contributed by atoms with van der Waals surface area (Å²) in [7, 11) is 0. The number of amides is 1. The van der Waals surface area contributed by atoms with Crippen LogP contribution in [0.4, 0.5) is 33.6 Å². The maximum Gasteiger partial charge on any atom is 0.422 e. The van der Waals surface area contributed by atoms with Gasteiger partial charge < -0.3 is 15.0 Å². The Labute approximate surface area is 265 Å². The summed E-state index contributed by atoms with van der Waals surface area (Å²) in [5, 5.41) is 7.27. The zero-order valence-corrected chi connectivity index (χ0v) is 25.0. The lowest BCUT2D eigenvalue weighted by atomic mass is 9.92. The first-order valence-corrected chi connectivity index (χ1v) is 14.7.